The highest BCUT2D eigenvalue weighted by Crippen LogP contribution is 2.43. The first-order valence-corrected chi connectivity index (χ1v) is 16.2. The van der Waals surface area contributed by atoms with Crippen LogP contribution in [-0.2, 0) is 16.7 Å². The summed E-state index contributed by atoms with van der Waals surface area (Å²) in [4.78, 5) is 50.2. The summed E-state index contributed by atoms with van der Waals surface area (Å²) in [7, 11) is 0. The normalized spacial score (nSPS) is 17.8. The number of pyridine rings is 1. The van der Waals surface area contributed by atoms with Gasteiger partial charge < -0.3 is 25.1 Å². The van der Waals surface area contributed by atoms with Crippen molar-refractivity contribution in [3.63, 3.8) is 0 Å². The van der Waals surface area contributed by atoms with Crippen LogP contribution in [0.3, 0.4) is 0 Å². The van der Waals surface area contributed by atoms with E-state index in [4.69, 9.17) is 19.9 Å². The molecule has 12 nitrogen and oxygen atoms in total. The van der Waals surface area contributed by atoms with Crippen molar-refractivity contribution < 1.29 is 23.5 Å². The Hall–Kier alpha value is -4.65. The molecule has 0 spiro atoms. The summed E-state index contributed by atoms with van der Waals surface area (Å²) >= 11 is 1.59. The second-order valence-corrected chi connectivity index (χ2v) is 14.0. The second-order valence-electron chi connectivity index (χ2n) is 13.1. The maximum atomic E-state index is 13.9. The van der Waals surface area contributed by atoms with Gasteiger partial charge in [-0.25, -0.2) is 14.8 Å². The van der Waals surface area contributed by atoms with Crippen LogP contribution in [0.1, 0.15) is 108 Å². The van der Waals surface area contributed by atoms with Gasteiger partial charge in [-0.15, -0.1) is 21.5 Å². The molecule has 240 valence electrons. The summed E-state index contributed by atoms with van der Waals surface area (Å²) in [5.74, 6) is -0.486. The van der Waals surface area contributed by atoms with E-state index in [1.165, 1.54) is 12.1 Å². The van der Waals surface area contributed by atoms with Crippen LogP contribution < -0.4 is 11.1 Å². The van der Waals surface area contributed by atoms with Gasteiger partial charge in [-0.2, -0.15) is 0 Å². The van der Waals surface area contributed by atoms with E-state index in [-0.39, 0.29) is 40.7 Å². The Morgan fingerprint density at radius 2 is 1.83 bits per heavy atom. The number of nitrogens with two attached hydrogens (primary N) is 1. The number of alkyl carbamates (subject to hydrolysis) is 1. The topological polar surface area (TPSA) is 166 Å². The number of rotatable bonds is 9. The third-order valence-corrected chi connectivity index (χ3v) is 8.92. The summed E-state index contributed by atoms with van der Waals surface area (Å²) in [6, 6.07) is 12.3. The Balaban J connectivity index is 1.31. The van der Waals surface area contributed by atoms with Gasteiger partial charge >= 0.3 is 6.09 Å². The number of primary amides is 1. The molecule has 2 atom stereocenters. The minimum atomic E-state index is -1.18. The number of carbonyl (C=O) groups excluding carboxylic acids is 3. The Labute approximate surface area is 270 Å². The number of aromatic nitrogens is 4. The van der Waals surface area contributed by atoms with E-state index in [2.05, 4.69) is 25.9 Å². The lowest BCUT2D eigenvalue weighted by atomic mass is 9.92. The molecule has 3 amide bonds. The van der Waals surface area contributed by atoms with Crippen LogP contribution in [-0.4, -0.2) is 55.1 Å². The molecule has 3 N–H and O–H groups in total. The minimum Gasteiger partial charge on any atom is -0.444 e. The molecule has 4 aromatic rings. The molecule has 2 aliphatic rings. The zero-order valence-corrected chi connectivity index (χ0v) is 27.1. The molecule has 2 unspecified atom stereocenters. The van der Waals surface area contributed by atoms with Crippen molar-refractivity contribution in [2.75, 3.05) is 6.54 Å². The van der Waals surface area contributed by atoms with Crippen molar-refractivity contribution >= 4 is 29.2 Å². The number of likely N-dealkylation sites (tertiary alicyclic amines) is 1. The van der Waals surface area contributed by atoms with Gasteiger partial charge in [-0.05, 0) is 71.1 Å². The number of ether oxygens (including phenoxy) is 1. The van der Waals surface area contributed by atoms with Crippen LogP contribution >= 0.6 is 11.3 Å². The molecule has 1 saturated carbocycles. The highest BCUT2D eigenvalue weighted by molar-refractivity contribution is 7.09. The van der Waals surface area contributed by atoms with Gasteiger partial charge in [0.05, 0.1) is 11.7 Å². The van der Waals surface area contributed by atoms with Crippen LogP contribution in [0.5, 0.6) is 0 Å². The van der Waals surface area contributed by atoms with Crippen LogP contribution in [0.2, 0.25) is 0 Å². The van der Waals surface area contributed by atoms with E-state index in [1.807, 2.05) is 30.3 Å². The fourth-order valence-electron chi connectivity index (χ4n) is 5.60. The number of benzene rings is 1. The predicted molar refractivity (Wildman–Crippen MR) is 170 cm³/mol. The molecular weight excluding hydrogens is 606 g/mol. The zero-order valence-electron chi connectivity index (χ0n) is 26.3. The average Bonchev–Trinajstić information content (AvgIpc) is 3.38. The molecule has 6 rings (SSSR count). The van der Waals surface area contributed by atoms with E-state index >= 15 is 0 Å². The fraction of sp³-hybridized carbons (Fsp3) is 0.424. The smallest absolute Gasteiger partial charge is 0.408 e. The van der Waals surface area contributed by atoms with E-state index < -0.39 is 23.1 Å². The summed E-state index contributed by atoms with van der Waals surface area (Å²) in [5.41, 5.74) is 5.98. The monoisotopic (exact) mass is 643 g/mol. The molecule has 4 heterocycles. The largest absolute Gasteiger partial charge is 0.444 e. The number of hydrogen-bond acceptors (Lipinski definition) is 10. The molecule has 0 bridgehead atoms. The quantitative estimate of drug-likeness (QED) is 0.239. The lowest BCUT2D eigenvalue weighted by Crippen LogP contribution is -2.47. The molecular formula is C33H37N7O5S. The number of nitrogens with zero attached hydrogens (tertiary/aromatic N) is 5. The Morgan fingerprint density at radius 1 is 1.07 bits per heavy atom. The Kier molecular flexibility index (Phi) is 8.36. The molecule has 13 heteroatoms. The highest BCUT2D eigenvalue weighted by Gasteiger charge is 2.38. The number of hydrogen-bond donors (Lipinski definition) is 2. The average molecular weight is 644 g/mol. The van der Waals surface area contributed by atoms with Gasteiger partial charge in [0.25, 0.3) is 17.7 Å². The predicted octanol–water partition coefficient (Wildman–Crippen LogP) is 5.52. The first-order valence-electron chi connectivity index (χ1n) is 15.4. The van der Waals surface area contributed by atoms with E-state index in [1.54, 1.807) is 43.9 Å². The maximum absolute atomic E-state index is 13.9. The summed E-state index contributed by atoms with van der Waals surface area (Å²) in [6.45, 7) is 7.63. The molecule has 46 heavy (non-hydrogen) atoms. The first-order chi connectivity index (χ1) is 21.9. The highest BCUT2D eigenvalue weighted by atomic mass is 32.1. The second kappa shape index (κ2) is 12.3. The lowest BCUT2D eigenvalue weighted by molar-refractivity contribution is 0.0443. The van der Waals surface area contributed by atoms with Crippen molar-refractivity contribution in [1.82, 2.24) is 30.4 Å². The van der Waals surface area contributed by atoms with Crippen molar-refractivity contribution in [2.24, 2.45) is 5.73 Å². The van der Waals surface area contributed by atoms with E-state index in [9.17, 15) is 14.4 Å². The van der Waals surface area contributed by atoms with Crippen molar-refractivity contribution in [3.05, 3.63) is 81.3 Å². The summed E-state index contributed by atoms with van der Waals surface area (Å²) in [5, 5.41) is 14.4. The van der Waals surface area contributed by atoms with Crippen LogP contribution in [0.15, 0.2) is 52.3 Å². The van der Waals surface area contributed by atoms with Crippen molar-refractivity contribution in [2.45, 2.75) is 82.9 Å². The molecule has 3 aromatic heterocycles. The zero-order chi connectivity index (χ0) is 32.6. The molecule has 1 aromatic carbocycles. The summed E-state index contributed by atoms with van der Waals surface area (Å²) in [6.07, 6.45) is 3.62. The minimum absolute atomic E-state index is 0.0376. The Bertz CT molecular complexity index is 1760. The molecule has 1 saturated heterocycles. The molecule has 0 radical (unpaired) electrons. The van der Waals surface area contributed by atoms with Crippen molar-refractivity contribution in [3.8, 4) is 11.6 Å². The van der Waals surface area contributed by atoms with Crippen molar-refractivity contribution in [1.29, 1.82) is 0 Å². The van der Waals surface area contributed by atoms with Gasteiger partial charge in [0.2, 0.25) is 5.89 Å². The summed E-state index contributed by atoms with van der Waals surface area (Å²) < 4.78 is 11.6. The first kappa shape index (κ1) is 31.3. The van der Waals surface area contributed by atoms with Crippen LogP contribution in [0.25, 0.3) is 11.6 Å². The standard InChI is InChI=1S/C33H37N7O5S/c1-32(2,3)45-31(43)37-33(4,17-19-9-6-5-7-10-19)30-39-38-27(44-30)23-16-21(15-22(35-23)26(34)41)29(42)40-14-8-11-25(40)28-36-24(18-46-28)20-12-13-20/h5-7,9-10,15-16,18,20,25H,8,11-14,17H2,1-4H3,(H2,34,41)(H,37,43). The molecule has 2 fully saturated rings. The van der Waals surface area contributed by atoms with E-state index in [0.717, 1.165) is 41.9 Å². The van der Waals surface area contributed by atoms with Gasteiger partial charge in [-0.3, -0.25) is 9.59 Å². The third-order valence-electron chi connectivity index (χ3n) is 7.95. The van der Waals surface area contributed by atoms with Gasteiger partial charge in [-0.1, -0.05) is 30.3 Å². The molecule has 1 aliphatic heterocycles. The van der Waals surface area contributed by atoms with E-state index in [0.29, 0.717) is 18.9 Å². The number of thiazole rings is 1. The van der Waals surface area contributed by atoms with Gasteiger partial charge in [0.15, 0.2) is 0 Å². The van der Waals surface area contributed by atoms with Crippen LogP contribution in [0, 0.1) is 0 Å². The lowest BCUT2D eigenvalue weighted by Gasteiger charge is -2.29. The third kappa shape index (κ3) is 6.94. The maximum Gasteiger partial charge on any atom is 0.408 e. The fourth-order valence-corrected chi connectivity index (χ4v) is 6.65. The number of amides is 3. The molecule has 1 aliphatic carbocycles. The van der Waals surface area contributed by atoms with Crippen LogP contribution in [0.4, 0.5) is 4.79 Å². The number of nitrogens with one attached hydrogen (secondary N) is 1. The number of carbonyl (C=O) groups is 3. The SMILES string of the molecule is CC(C)(C)OC(=O)NC(C)(Cc1ccccc1)c1nnc(-c2cc(C(=O)N3CCCC3c3nc(C4CC4)cs3)cc(C(N)=O)n2)o1. The van der Waals surface area contributed by atoms with Gasteiger partial charge in [0, 0.05) is 29.8 Å². The van der Waals surface area contributed by atoms with Gasteiger partial charge in [0.1, 0.15) is 27.5 Å². The Morgan fingerprint density at radius 3 is 2.52 bits per heavy atom.